The number of ether oxygens (including phenoxy) is 2. The average molecular weight is 416 g/mol. The first-order chi connectivity index (χ1) is 13.5. The SMILES string of the molecule is COC(=O)C1=C(C)NC(C)=C(C(=O)OCC(F)(F)F)[C@H]1c1cccc([NH+]([O-])O)c1. The Labute approximate surface area is 163 Å². The maximum atomic E-state index is 12.5. The highest BCUT2D eigenvalue weighted by molar-refractivity contribution is 5.99. The number of quaternary nitrogens is 1. The average Bonchev–Trinajstić information content (AvgIpc) is 2.64. The number of methoxy groups -OCH3 is 1. The van der Waals surface area contributed by atoms with Crippen molar-refractivity contribution in [3.05, 3.63) is 57.6 Å². The number of halogens is 3. The van der Waals surface area contributed by atoms with Gasteiger partial charge in [-0.2, -0.15) is 18.4 Å². The fourth-order valence-corrected chi connectivity index (χ4v) is 3.05. The standard InChI is InChI=1S/C18H19F3N2O6/c1-9-13(16(24)28-3)15(11-5-4-6-12(7-11)23(26)27)14(10(2)22-9)17(25)29-8-18(19,20)21/h4-7,15,22-23,26H,8H2,1-3H3/t15-/m0/s1. The Bertz CT molecular complexity index is 877. The summed E-state index contributed by atoms with van der Waals surface area (Å²) in [5.41, 5.74) is 0.288. The van der Waals surface area contributed by atoms with Crippen molar-refractivity contribution in [1.29, 1.82) is 0 Å². The lowest BCUT2D eigenvalue weighted by Crippen LogP contribution is -2.99. The maximum Gasteiger partial charge on any atom is 0.422 e. The number of alkyl halides is 3. The van der Waals surface area contributed by atoms with Crippen molar-refractivity contribution in [2.45, 2.75) is 25.9 Å². The van der Waals surface area contributed by atoms with Crippen molar-refractivity contribution in [2.24, 2.45) is 0 Å². The number of allylic oxidation sites excluding steroid dienone is 2. The molecule has 0 radical (unpaired) electrons. The maximum absolute atomic E-state index is 12.5. The van der Waals surface area contributed by atoms with Gasteiger partial charge < -0.3 is 20.0 Å². The smallest absolute Gasteiger partial charge is 0.422 e. The summed E-state index contributed by atoms with van der Waals surface area (Å²) in [5, 5.41) is 22.1. The summed E-state index contributed by atoms with van der Waals surface area (Å²) in [6.07, 6.45) is -4.73. The van der Waals surface area contributed by atoms with Gasteiger partial charge in [0.1, 0.15) is 0 Å². The van der Waals surface area contributed by atoms with Gasteiger partial charge in [-0.15, -0.1) is 0 Å². The summed E-state index contributed by atoms with van der Waals surface area (Å²) in [4.78, 5) is 24.9. The largest absolute Gasteiger partial charge is 0.595 e. The molecule has 1 aliphatic heterocycles. The summed E-state index contributed by atoms with van der Waals surface area (Å²) in [6, 6.07) is 5.40. The molecule has 0 amide bonds. The number of carbonyl (C=O) groups excluding carboxylic acids is 2. The van der Waals surface area contributed by atoms with Gasteiger partial charge in [0.05, 0.1) is 24.2 Å². The van der Waals surface area contributed by atoms with Crippen LogP contribution < -0.4 is 10.5 Å². The highest BCUT2D eigenvalue weighted by atomic mass is 19.4. The summed E-state index contributed by atoms with van der Waals surface area (Å²) in [5.74, 6) is -3.29. The molecule has 0 saturated carbocycles. The predicted octanol–water partition coefficient (Wildman–Crippen LogP) is 1.60. The first-order valence-electron chi connectivity index (χ1n) is 8.30. The van der Waals surface area contributed by atoms with Crippen LogP contribution in [0, 0.1) is 5.21 Å². The first kappa shape index (κ1) is 22.4. The van der Waals surface area contributed by atoms with E-state index in [2.05, 4.69) is 10.1 Å². The number of carbonyl (C=O) groups is 2. The van der Waals surface area contributed by atoms with Crippen molar-refractivity contribution in [1.82, 2.24) is 5.32 Å². The highest BCUT2D eigenvalue weighted by Gasteiger charge is 2.39. The van der Waals surface area contributed by atoms with Gasteiger partial charge in [-0.05, 0) is 19.4 Å². The van der Waals surface area contributed by atoms with Crippen LogP contribution in [0.5, 0.6) is 0 Å². The van der Waals surface area contributed by atoms with Crippen molar-refractivity contribution in [3.63, 3.8) is 0 Å². The zero-order valence-corrected chi connectivity index (χ0v) is 15.7. The van der Waals surface area contributed by atoms with Gasteiger partial charge >= 0.3 is 18.1 Å². The Balaban J connectivity index is 2.60. The zero-order valence-electron chi connectivity index (χ0n) is 15.7. The Hall–Kier alpha value is -2.89. The van der Waals surface area contributed by atoms with Gasteiger partial charge in [-0.25, -0.2) is 14.8 Å². The molecule has 11 heteroatoms. The lowest BCUT2D eigenvalue weighted by atomic mass is 9.80. The minimum absolute atomic E-state index is 0.0420. The van der Waals surface area contributed by atoms with Crippen LogP contribution in [0.1, 0.15) is 25.3 Å². The van der Waals surface area contributed by atoms with Crippen molar-refractivity contribution in [3.8, 4) is 0 Å². The van der Waals surface area contributed by atoms with Crippen molar-refractivity contribution >= 4 is 17.6 Å². The van der Waals surface area contributed by atoms with Crippen molar-refractivity contribution in [2.75, 3.05) is 13.7 Å². The molecule has 0 bridgehead atoms. The molecule has 0 aliphatic carbocycles. The molecular formula is C18H19F3N2O6. The highest BCUT2D eigenvalue weighted by Crippen LogP contribution is 2.39. The lowest BCUT2D eigenvalue weighted by Gasteiger charge is -2.30. The van der Waals surface area contributed by atoms with Gasteiger partial charge in [0, 0.05) is 23.5 Å². The molecule has 1 unspecified atom stereocenters. The summed E-state index contributed by atoms with van der Waals surface area (Å²) >= 11 is 0. The Morgan fingerprint density at radius 1 is 1.21 bits per heavy atom. The molecule has 2 atom stereocenters. The van der Waals surface area contributed by atoms with E-state index in [-0.39, 0.29) is 28.1 Å². The van der Waals surface area contributed by atoms with E-state index in [0.29, 0.717) is 5.70 Å². The molecule has 1 aliphatic rings. The second-order valence-electron chi connectivity index (χ2n) is 6.25. The van der Waals surface area contributed by atoms with Crippen LogP contribution in [0.25, 0.3) is 0 Å². The van der Waals surface area contributed by atoms with Gasteiger partial charge in [0.2, 0.25) is 0 Å². The summed E-state index contributed by atoms with van der Waals surface area (Å²) in [6.45, 7) is 1.16. The number of rotatable bonds is 5. The van der Waals surface area contributed by atoms with Crippen LogP contribution in [0.15, 0.2) is 46.8 Å². The minimum atomic E-state index is -4.73. The molecule has 0 fully saturated rings. The van der Waals surface area contributed by atoms with Crippen LogP contribution in [0.2, 0.25) is 0 Å². The molecule has 0 spiro atoms. The van der Waals surface area contributed by atoms with Gasteiger partial charge in [-0.3, -0.25) is 0 Å². The van der Waals surface area contributed by atoms with E-state index in [1.54, 1.807) is 0 Å². The third-order valence-corrected chi connectivity index (χ3v) is 4.22. The van der Waals surface area contributed by atoms with Crippen LogP contribution in [-0.2, 0) is 19.1 Å². The third-order valence-electron chi connectivity index (χ3n) is 4.22. The van der Waals surface area contributed by atoms with E-state index in [1.807, 2.05) is 0 Å². The van der Waals surface area contributed by atoms with Crippen molar-refractivity contribution < 1.29 is 42.7 Å². The molecule has 1 heterocycles. The summed E-state index contributed by atoms with van der Waals surface area (Å²) < 4.78 is 46.7. The molecule has 0 saturated heterocycles. The van der Waals surface area contributed by atoms with Crippen LogP contribution in [-0.4, -0.2) is 37.0 Å². The fourth-order valence-electron chi connectivity index (χ4n) is 3.05. The van der Waals surface area contributed by atoms with Gasteiger partial charge in [-0.1, -0.05) is 12.1 Å². The van der Waals surface area contributed by atoms with Crippen LogP contribution in [0.3, 0.4) is 0 Å². The van der Waals surface area contributed by atoms with E-state index >= 15 is 0 Å². The number of esters is 2. The fraction of sp³-hybridized carbons (Fsp3) is 0.333. The molecule has 158 valence electrons. The predicted molar refractivity (Wildman–Crippen MR) is 92.5 cm³/mol. The molecule has 8 nitrogen and oxygen atoms in total. The van der Waals surface area contributed by atoms with E-state index in [9.17, 15) is 33.2 Å². The minimum Gasteiger partial charge on any atom is -0.595 e. The summed E-state index contributed by atoms with van der Waals surface area (Å²) in [7, 11) is 1.11. The van der Waals surface area contributed by atoms with E-state index in [4.69, 9.17) is 4.74 Å². The number of hydrogen-bond acceptors (Lipinski definition) is 7. The van der Waals surface area contributed by atoms with E-state index in [1.165, 1.54) is 38.1 Å². The third kappa shape index (κ3) is 5.13. The Morgan fingerprint density at radius 3 is 2.31 bits per heavy atom. The number of dihydropyridines is 1. The second-order valence-corrected chi connectivity index (χ2v) is 6.25. The number of benzene rings is 1. The lowest BCUT2D eigenvalue weighted by molar-refractivity contribution is -0.991. The topological polar surface area (TPSA) is 112 Å². The second kappa shape index (κ2) is 8.64. The molecule has 1 aromatic rings. The van der Waals surface area contributed by atoms with E-state index in [0.717, 1.165) is 7.11 Å². The molecule has 3 N–H and O–H groups in total. The molecule has 2 rings (SSSR count). The first-order valence-corrected chi connectivity index (χ1v) is 8.30. The van der Waals surface area contributed by atoms with E-state index < -0.39 is 35.9 Å². The van der Waals surface area contributed by atoms with Gasteiger partial charge in [0.15, 0.2) is 12.3 Å². The molecule has 29 heavy (non-hydrogen) atoms. The molecular weight excluding hydrogens is 397 g/mol. The number of nitrogens with one attached hydrogen (secondary N) is 2. The number of hydrogen-bond donors (Lipinski definition) is 3. The molecule has 0 aromatic heterocycles. The van der Waals surface area contributed by atoms with Crippen LogP contribution >= 0.6 is 0 Å². The quantitative estimate of drug-likeness (QED) is 0.494. The monoisotopic (exact) mass is 416 g/mol. The zero-order chi connectivity index (χ0) is 21.9. The van der Waals surface area contributed by atoms with Crippen LogP contribution in [0.4, 0.5) is 18.9 Å². The van der Waals surface area contributed by atoms with Gasteiger partial charge in [0.25, 0.3) is 0 Å². The normalized spacial score (nSPS) is 18.3. The molecule has 1 aromatic carbocycles. The Morgan fingerprint density at radius 2 is 1.79 bits per heavy atom. The Kier molecular flexibility index (Phi) is 6.67.